The largest absolute Gasteiger partial charge is 0.0885 e. The molecule has 0 heterocycles. The van der Waals surface area contributed by atoms with Crippen LogP contribution in [0, 0.1) is 6.42 Å². The molecule has 0 saturated carbocycles. The smallest absolute Gasteiger partial charge is 0.0169 e. The van der Waals surface area contributed by atoms with Crippen LogP contribution in [0.4, 0.5) is 0 Å². The van der Waals surface area contributed by atoms with Crippen LogP contribution in [0.15, 0.2) is 60.8 Å². The van der Waals surface area contributed by atoms with E-state index in [9.17, 15) is 0 Å². The van der Waals surface area contributed by atoms with E-state index in [2.05, 4.69) is 81.0 Å². The third kappa shape index (κ3) is 20.7. The molecule has 0 rings (SSSR count). The molecule has 0 fully saturated rings. The zero-order chi connectivity index (χ0) is 16.8. The van der Waals surface area contributed by atoms with Crippen molar-refractivity contribution in [1.82, 2.24) is 0 Å². The molecular weight excluding hydrogens is 276 g/mol. The van der Waals surface area contributed by atoms with E-state index in [1.165, 1.54) is 32.1 Å². The van der Waals surface area contributed by atoms with Gasteiger partial charge in [-0.05, 0) is 51.4 Å². The summed E-state index contributed by atoms with van der Waals surface area (Å²) in [6.07, 6.45) is 36.6. The lowest BCUT2D eigenvalue weighted by Gasteiger charge is -1.95. The molecule has 0 aliphatic heterocycles. The predicted octanol–water partition coefficient (Wildman–Crippen LogP) is 7.91. The van der Waals surface area contributed by atoms with Crippen LogP contribution in [-0.2, 0) is 0 Å². The first kappa shape index (κ1) is 21.7. The van der Waals surface area contributed by atoms with Crippen molar-refractivity contribution in [3.63, 3.8) is 0 Å². The molecule has 0 aliphatic rings. The van der Waals surface area contributed by atoms with Gasteiger partial charge in [0, 0.05) is 0 Å². The van der Waals surface area contributed by atoms with Gasteiger partial charge in [-0.3, -0.25) is 0 Å². The molecule has 23 heavy (non-hydrogen) atoms. The Morgan fingerprint density at radius 2 is 0.957 bits per heavy atom. The second-order valence-electron chi connectivity index (χ2n) is 5.72. The minimum atomic E-state index is 1.04. The van der Waals surface area contributed by atoms with E-state index in [1.54, 1.807) is 0 Å². The SMILES string of the molecule is CC/C=C\C/C=C\C/C=C\C/C=C\C/C=C\CC[CH]CCCC. The van der Waals surface area contributed by atoms with Crippen molar-refractivity contribution in [1.29, 1.82) is 0 Å². The summed E-state index contributed by atoms with van der Waals surface area (Å²) in [6, 6.07) is 0. The van der Waals surface area contributed by atoms with Crippen LogP contribution in [0.5, 0.6) is 0 Å². The van der Waals surface area contributed by atoms with Crippen molar-refractivity contribution < 1.29 is 0 Å². The zero-order valence-corrected chi connectivity index (χ0v) is 15.4. The van der Waals surface area contributed by atoms with E-state index in [1.807, 2.05) is 0 Å². The zero-order valence-electron chi connectivity index (χ0n) is 15.4. The van der Waals surface area contributed by atoms with Crippen LogP contribution in [0.2, 0.25) is 0 Å². The molecule has 0 nitrogen and oxygen atoms in total. The van der Waals surface area contributed by atoms with Crippen molar-refractivity contribution in [3.05, 3.63) is 67.2 Å². The summed E-state index contributed by atoms with van der Waals surface area (Å²) < 4.78 is 0. The monoisotopic (exact) mass is 313 g/mol. The molecule has 0 unspecified atom stereocenters. The number of allylic oxidation sites excluding steroid dienone is 10. The highest BCUT2D eigenvalue weighted by molar-refractivity contribution is 5.00. The molecule has 0 aromatic heterocycles. The van der Waals surface area contributed by atoms with Gasteiger partial charge in [0.25, 0.3) is 0 Å². The van der Waals surface area contributed by atoms with E-state index < -0.39 is 0 Å². The van der Waals surface area contributed by atoms with Gasteiger partial charge in [-0.25, -0.2) is 0 Å². The first-order valence-corrected chi connectivity index (χ1v) is 9.48. The fraction of sp³-hybridized carbons (Fsp3) is 0.522. The number of hydrogen-bond donors (Lipinski definition) is 0. The van der Waals surface area contributed by atoms with Crippen molar-refractivity contribution in [3.8, 4) is 0 Å². The Balaban J connectivity index is 3.39. The van der Waals surface area contributed by atoms with Gasteiger partial charge in [0.05, 0.1) is 0 Å². The second-order valence-corrected chi connectivity index (χ2v) is 5.72. The van der Waals surface area contributed by atoms with Crippen LogP contribution < -0.4 is 0 Å². The van der Waals surface area contributed by atoms with Crippen LogP contribution >= 0.6 is 0 Å². The molecule has 0 aromatic carbocycles. The molecule has 0 atom stereocenters. The third-order valence-electron chi connectivity index (χ3n) is 3.46. The summed E-state index contributed by atoms with van der Waals surface area (Å²) in [5.41, 5.74) is 0. The molecule has 0 bridgehead atoms. The van der Waals surface area contributed by atoms with Crippen molar-refractivity contribution in [2.75, 3.05) is 0 Å². The van der Waals surface area contributed by atoms with Gasteiger partial charge in [-0.15, -0.1) is 0 Å². The van der Waals surface area contributed by atoms with Crippen LogP contribution in [-0.4, -0.2) is 0 Å². The topological polar surface area (TPSA) is 0 Å². The highest BCUT2D eigenvalue weighted by Crippen LogP contribution is 2.04. The average Bonchev–Trinajstić information content (AvgIpc) is 2.57. The molecule has 1 radical (unpaired) electrons. The Hall–Kier alpha value is -1.30. The van der Waals surface area contributed by atoms with Gasteiger partial charge in [0.2, 0.25) is 0 Å². The fourth-order valence-electron chi connectivity index (χ4n) is 2.08. The maximum Gasteiger partial charge on any atom is -0.0169 e. The third-order valence-corrected chi connectivity index (χ3v) is 3.46. The summed E-state index contributed by atoms with van der Waals surface area (Å²) in [5, 5.41) is 0. The number of unbranched alkanes of at least 4 members (excludes halogenated alkanes) is 5. The summed E-state index contributed by atoms with van der Waals surface area (Å²) in [4.78, 5) is 0. The van der Waals surface area contributed by atoms with Crippen LogP contribution in [0.25, 0.3) is 0 Å². The van der Waals surface area contributed by atoms with Gasteiger partial charge in [-0.2, -0.15) is 0 Å². The van der Waals surface area contributed by atoms with Gasteiger partial charge in [0.1, 0.15) is 0 Å². The predicted molar refractivity (Wildman–Crippen MR) is 108 cm³/mol. The Labute approximate surface area is 145 Å². The van der Waals surface area contributed by atoms with E-state index in [4.69, 9.17) is 0 Å². The summed E-state index contributed by atoms with van der Waals surface area (Å²) in [6.45, 7) is 4.41. The van der Waals surface area contributed by atoms with Crippen molar-refractivity contribution in [2.45, 2.75) is 78.1 Å². The Kier molecular flexibility index (Phi) is 19.5. The molecule has 0 N–H and O–H groups in total. The maximum absolute atomic E-state index is 2.42. The minimum Gasteiger partial charge on any atom is -0.0885 e. The molecule has 0 saturated heterocycles. The molecular formula is C23H37. The Bertz CT molecular complexity index is 352. The highest BCUT2D eigenvalue weighted by atomic mass is 13.9. The van der Waals surface area contributed by atoms with Gasteiger partial charge in [-0.1, -0.05) is 93.9 Å². The molecule has 0 amide bonds. The van der Waals surface area contributed by atoms with Crippen LogP contribution in [0.3, 0.4) is 0 Å². The Morgan fingerprint density at radius 1 is 0.478 bits per heavy atom. The van der Waals surface area contributed by atoms with Crippen molar-refractivity contribution >= 4 is 0 Å². The lowest BCUT2D eigenvalue weighted by Crippen LogP contribution is -1.77. The standard InChI is InChI=1S/C23H37/c1-3-5-7-9-11-13-15-17-19-21-23-22-20-18-16-14-12-10-8-6-4-2/h5,7,10-11,13,16-19,22-23H,3-4,6,8-9,12,14-15,20-21H2,1-2H3/b7-5-,13-11-,18-16-,19-17-,23-22-. The van der Waals surface area contributed by atoms with Gasteiger partial charge >= 0.3 is 0 Å². The van der Waals surface area contributed by atoms with E-state index in [0.29, 0.717) is 0 Å². The minimum absolute atomic E-state index is 1.04. The average molecular weight is 314 g/mol. The molecule has 0 aromatic rings. The molecule has 129 valence electrons. The van der Waals surface area contributed by atoms with Crippen LogP contribution in [0.1, 0.15) is 78.1 Å². The van der Waals surface area contributed by atoms with E-state index in [0.717, 1.165) is 32.1 Å². The van der Waals surface area contributed by atoms with Gasteiger partial charge < -0.3 is 0 Å². The first-order chi connectivity index (χ1) is 11.4. The lowest BCUT2D eigenvalue weighted by atomic mass is 10.1. The van der Waals surface area contributed by atoms with Crippen molar-refractivity contribution in [2.24, 2.45) is 0 Å². The molecule has 0 aliphatic carbocycles. The normalized spacial score (nSPS) is 13.0. The van der Waals surface area contributed by atoms with E-state index >= 15 is 0 Å². The summed E-state index contributed by atoms with van der Waals surface area (Å²) in [5.74, 6) is 0. The Morgan fingerprint density at radius 3 is 1.43 bits per heavy atom. The number of hydrogen-bond acceptors (Lipinski definition) is 0. The van der Waals surface area contributed by atoms with Gasteiger partial charge in [0.15, 0.2) is 0 Å². The quantitative estimate of drug-likeness (QED) is 0.213. The first-order valence-electron chi connectivity index (χ1n) is 9.48. The summed E-state index contributed by atoms with van der Waals surface area (Å²) >= 11 is 0. The molecule has 0 spiro atoms. The van der Waals surface area contributed by atoms with E-state index in [-0.39, 0.29) is 0 Å². The summed E-state index contributed by atoms with van der Waals surface area (Å²) in [7, 11) is 0. The lowest BCUT2D eigenvalue weighted by molar-refractivity contribution is 0.748. The second kappa shape index (κ2) is 20.7. The fourth-order valence-corrected chi connectivity index (χ4v) is 2.08. The maximum atomic E-state index is 2.42. The highest BCUT2D eigenvalue weighted by Gasteiger charge is 1.86. The molecule has 0 heteroatoms. The number of rotatable bonds is 15.